The third-order valence-corrected chi connectivity index (χ3v) is 3.85. The van der Waals surface area contributed by atoms with Gasteiger partial charge in [0.05, 0.1) is 33.0 Å². The van der Waals surface area contributed by atoms with Gasteiger partial charge in [0, 0.05) is 11.1 Å². The lowest BCUT2D eigenvalue weighted by Crippen LogP contribution is -2.01. The van der Waals surface area contributed by atoms with E-state index in [9.17, 15) is 0 Å². The summed E-state index contributed by atoms with van der Waals surface area (Å²) in [5.41, 5.74) is 7.21. The van der Waals surface area contributed by atoms with Crippen LogP contribution in [0.4, 0.5) is 11.4 Å². The minimum Gasteiger partial charge on any atom is -0.397 e. The Bertz CT molecular complexity index is 540. The smallest absolute Gasteiger partial charge is 0.0897 e. The fourth-order valence-electron chi connectivity index (χ4n) is 1.38. The number of nitrogen functional groups attached to an aromatic ring is 1. The van der Waals surface area contributed by atoms with E-state index in [1.165, 1.54) is 0 Å². The maximum absolute atomic E-state index is 5.93. The predicted molar refractivity (Wildman–Crippen MR) is 75.1 cm³/mol. The van der Waals surface area contributed by atoms with Crippen molar-refractivity contribution in [2.24, 2.45) is 0 Å². The molecule has 6 heteroatoms. The van der Waals surface area contributed by atoms with Gasteiger partial charge in [-0.2, -0.15) is 0 Å². The molecule has 0 bridgehead atoms. The maximum atomic E-state index is 5.93. The van der Waals surface area contributed by atoms with Crippen molar-refractivity contribution in [1.29, 1.82) is 0 Å². The SMILES string of the molecule is Cc1ncc(CNc2cc(Cl)c(Cl)cc2N)s1. The monoisotopic (exact) mass is 287 g/mol. The van der Waals surface area contributed by atoms with E-state index in [0.29, 0.717) is 22.3 Å². The second kappa shape index (κ2) is 5.12. The van der Waals surface area contributed by atoms with Crippen LogP contribution in [0, 0.1) is 6.92 Å². The largest absolute Gasteiger partial charge is 0.397 e. The van der Waals surface area contributed by atoms with Crippen LogP contribution in [0.2, 0.25) is 10.0 Å². The topological polar surface area (TPSA) is 50.9 Å². The molecular weight excluding hydrogens is 277 g/mol. The Morgan fingerprint density at radius 1 is 1.35 bits per heavy atom. The first-order valence-corrected chi connectivity index (χ1v) is 6.53. The third-order valence-electron chi connectivity index (χ3n) is 2.21. The van der Waals surface area contributed by atoms with E-state index in [-0.39, 0.29) is 0 Å². The minimum atomic E-state index is 0.461. The Labute approximate surface area is 114 Å². The lowest BCUT2D eigenvalue weighted by Gasteiger charge is -2.09. The highest BCUT2D eigenvalue weighted by atomic mass is 35.5. The molecule has 3 N–H and O–H groups in total. The first-order valence-electron chi connectivity index (χ1n) is 4.96. The molecule has 0 saturated carbocycles. The zero-order valence-corrected chi connectivity index (χ0v) is 11.5. The van der Waals surface area contributed by atoms with Gasteiger partial charge in [0.25, 0.3) is 0 Å². The van der Waals surface area contributed by atoms with Crippen LogP contribution in [-0.2, 0) is 6.54 Å². The highest BCUT2D eigenvalue weighted by Gasteiger charge is 2.05. The number of aromatic nitrogens is 1. The van der Waals surface area contributed by atoms with Crippen LogP contribution >= 0.6 is 34.5 Å². The summed E-state index contributed by atoms with van der Waals surface area (Å²) in [6.45, 7) is 2.65. The van der Waals surface area contributed by atoms with Crippen LogP contribution in [0.5, 0.6) is 0 Å². The Hall–Kier alpha value is -0.970. The van der Waals surface area contributed by atoms with Gasteiger partial charge in [-0.25, -0.2) is 4.98 Å². The molecule has 0 atom stereocenters. The molecule has 1 heterocycles. The number of nitrogens with one attached hydrogen (secondary N) is 1. The standard InChI is InChI=1S/C11H11Cl2N3S/c1-6-15-4-7(17-6)5-16-11-3-9(13)8(12)2-10(11)14/h2-4,16H,5,14H2,1H3. The summed E-state index contributed by atoms with van der Waals surface area (Å²) in [4.78, 5) is 5.33. The van der Waals surface area contributed by atoms with Crippen molar-refractivity contribution < 1.29 is 0 Å². The number of hydrogen-bond acceptors (Lipinski definition) is 4. The summed E-state index contributed by atoms with van der Waals surface area (Å²) in [6, 6.07) is 3.37. The summed E-state index contributed by atoms with van der Waals surface area (Å²) in [5, 5.41) is 5.21. The van der Waals surface area contributed by atoms with Gasteiger partial charge < -0.3 is 11.1 Å². The number of benzene rings is 1. The zero-order chi connectivity index (χ0) is 12.4. The van der Waals surface area contributed by atoms with E-state index >= 15 is 0 Å². The van der Waals surface area contributed by atoms with E-state index < -0.39 is 0 Å². The Kier molecular flexibility index (Phi) is 3.76. The molecule has 2 rings (SSSR count). The van der Waals surface area contributed by atoms with Gasteiger partial charge in [0.1, 0.15) is 0 Å². The summed E-state index contributed by atoms with van der Waals surface area (Å²) in [6.07, 6.45) is 1.85. The maximum Gasteiger partial charge on any atom is 0.0897 e. The van der Waals surface area contributed by atoms with Crippen LogP contribution in [0.25, 0.3) is 0 Å². The van der Waals surface area contributed by atoms with Gasteiger partial charge in [0.15, 0.2) is 0 Å². The van der Waals surface area contributed by atoms with Gasteiger partial charge in [0.2, 0.25) is 0 Å². The molecule has 0 saturated heterocycles. The van der Waals surface area contributed by atoms with E-state index in [0.717, 1.165) is 15.6 Å². The quantitative estimate of drug-likeness (QED) is 0.841. The van der Waals surface area contributed by atoms with Crippen LogP contribution in [0.15, 0.2) is 18.3 Å². The number of thiazole rings is 1. The lowest BCUT2D eigenvalue weighted by molar-refractivity contribution is 1.17. The summed E-state index contributed by atoms with van der Waals surface area (Å²) < 4.78 is 0. The molecule has 17 heavy (non-hydrogen) atoms. The first-order chi connectivity index (χ1) is 8.06. The fraction of sp³-hybridized carbons (Fsp3) is 0.182. The Balaban J connectivity index is 2.11. The van der Waals surface area contributed by atoms with Gasteiger partial charge in [-0.15, -0.1) is 11.3 Å². The van der Waals surface area contributed by atoms with Gasteiger partial charge >= 0.3 is 0 Å². The molecule has 1 aromatic heterocycles. The molecule has 0 aliphatic rings. The lowest BCUT2D eigenvalue weighted by atomic mass is 10.2. The molecule has 0 aliphatic carbocycles. The highest BCUT2D eigenvalue weighted by molar-refractivity contribution is 7.11. The molecule has 0 spiro atoms. The molecule has 1 aromatic carbocycles. The van der Waals surface area contributed by atoms with Crippen molar-refractivity contribution in [2.45, 2.75) is 13.5 Å². The number of hydrogen-bond donors (Lipinski definition) is 2. The molecule has 0 radical (unpaired) electrons. The van der Waals surface area contributed by atoms with Crippen LogP contribution in [-0.4, -0.2) is 4.98 Å². The summed E-state index contributed by atoms with van der Waals surface area (Å²) in [7, 11) is 0. The molecule has 0 fully saturated rings. The number of nitrogens with two attached hydrogens (primary N) is 1. The third kappa shape index (κ3) is 3.03. The number of halogens is 2. The summed E-state index contributed by atoms with van der Waals surface area (Å²) in [5.74, 6) is 0. The van der Waals surface area contributed by atoms with E-state index in [1.807, 2.05) is 13.1 Å². The molecular formula is C11H11Cl2N3S. The van der Waals surface area contributed by atoms with E-state index in [4.69, 9.17) is 28.9 Å². The zero-order valence-electron chi connectivity index (χ0n) is 9.13. The average molecular weight is 288 g/mol. The van der Waals surface area contributed by atoms with E-state index in [1.54, 1.807) is 23.5 Å². The van der Waals surface area contributed by atoms with Crippen LogP contribution in [0.3, 0.4) is 0 Å². The Morgan fingerprint density at radius 3 is 2.71 bits per heavy atom. The Morgan fingerprint density at radius 2 is 2.06 bits per heavy atom. The predicted octanol–water partition coefficient (Wildman–Crippen LogP) is 3.95. The van der Waals surface area contributed by atoms with Gasteiger partial charge in [-0.1, -0.05) is 23.2 Å². The van der Waals surface area contributed by atoms with Crippen LogP contribution in [0.1, 0.15) is 9.88 Å². The molecule has 2 aromatic rings. The molecule has 90 valence electrons. The average Bonchev–Trinajstić information content (AvgIpc) is 2.68. The minimum absolute atomic E-state index is 0.461. The molecule has 0 amide bonds. The highest BCUT2D eigenvalue weighted by Crippen LogP contribution is 2.31. The number of anilines is 2. The molecule has 0 unspecified atom stereocenters. The number of aryl methyl sites for hydroxylation is 1. The van der Waals surface area contributed by atoms with Crippen LogP contribution < -0.4 is 11.1 Å². The first kappa shape index (κ1) is 12.5. The second-order valence-electron chi connectivity index (χ2n) is 3.55. The fourth-order valence-corrected chi connectivity index (χ4v) is 2.46. The van der Waals surface area contributed by atoms with Crippen molar-refractivity contribution in [3.63, 3.8) is 0 Å². The van der Waals surface area contributed by atoms with Crippen molar-refractivity contribution in [3.8, 4) is 0 Å². The van der Waals surface area contributed by atoms with E-state index in [2.05, 4.69) is 10.3 Å². The van der Waals surface area contributed by atoms with Crippen molar-refractivity contribution >= 4 is 45.9 Å². The van der Waals surface area contributed by atoms with Crippen molar-refractivity contribution in [3.05, 3.63) is 38.3 Å². The molecule has 3 nitrogen and oxygen atoms in total. The number of nitrogens with zero attached hydrogens (tertiary/aromatic N) is 1. The number of rotatable bonds is 3. The van der Waals surface area contributed by atoms with Crippen molar-refractivity contribution in [1.82, 2.24) is 4.98 Å². The van der Waals surface area contributed by atoms with Gasteiger partial charge in [-0.05, 0) is 19.1 Å². The van der Waals surface area contributed by atoms with Gasteiger partial charge in [-0.3, -0.25) is 0 Å². The summed E-state index contributed by atoms with van der Waals surface area (Å²) >= 11 is 13.4. The van der Waals surface area contributed by atoms with Crippen molar-refractivity contribution in [2.75, 3.05) is 11.1 Å². The second-order valence-corrected chi connectivity index (χ2v) is 5.69. The molecule has 0 aliphatic heterocycles. The normalized spacial score (nSPS) is 10.5.